The Bertz CT molecular complexity index is 975. The van der Waals surface area contributed by atoms with Gasteiger partial charge in [0.1, 0.15) is 11.6 Å². The quantitative estimate of drug-likeness (QED) is 0.466. The number of anilines is 1. The topological polar surface area (TPSA) is 95.1 Å². The van der Waals surface area contributed by atoms with Crippen molar-refractivity contribution in [2.45, 2.75) is 19.0 Å². The summed E-state index contributed by atoms with van der Waals surface area (Å²) in [7, 11) is 0. The Morgan fingerprint density at radius 3 is 2.68 bits per heavy atom. The molecule has 0 saturated heterocycles. The number of nitrogens with zero attached hydrogens (tertiary/aromatic N) is 3. The number of rotatable bonds is 7. The van der Waals surface area contributed by atoms with Crippen molar-refractivity contribution in [3.63, 3.8) is 0 Å². The molecule has 146 valence electrons. The first kappa shape index (κ1) is 19.7. The van der Waals surface area contributed by atoms with E-state index < -0.39 is 5.82 Å². The van der Waals surface area contributed by atoms with Crippen LogP contribution in [-0.2, 0) is 4.79 Å². The van der Waals surface area contributed by atoms with Gasteiger partial charge in [0.05, 0.1) is 18.0 Å². The SMILES string of the molecule is CCOc1ccc(-c2nnc(SCC(=O)Nc3ccc(C)cc3F)n2N)cc1. The number of aryl methyl sites for hydroxylation is 1. The van der Waals surface area contributed by atoms with Gasteiger partial charge >= 0.3 is 0 Å². The first-order chi connectivity index (χ1) is 13.5. The van der Waals surface area contributed by atoms with Crippen molar-refractivity contribution < 1.29 is 13.9 Å². The van der Waals surface area contributed by atoms with Gasteiger partial charge < -0.3 is 15.9 Å². The maximum Gasteiger partial charge on any atom is 0.234 e. The third kappa shape index (κ3) is 4.61. The van der Waals surface area contributed by atoms with Crippen LogP contribution in [0.1, 0.15) is 12.5 Å². The molecular formula is C19H20FN5O2S. The van der Waals surface area contributed by atoms with Crippen LogP contribution in [0.15, 0.2) is 47.6 Å². The minimum absolute atomic E-state index is 0.0198. The average Bonchev–Trinajstić information content (AvgIpc) is 3.04. The molecule has 0 saturated carbocycles. The Labute approximate surface area is 166 Å². The molecule has 1 amide bonds. The first-order valence-electron chi connectivity index (χ1n) is 8.60. The van der Waals surface area contributed by atoms with Gasteiger partial charge in [-0.15, -0.1) is 10.2 Å². The molecule has 0 unspecified atom stereocenters. The number of benzene rings is 2. The highest BCUT2D eigenvalue weighted by Crippen LogP contribution is 2.24. The van der Waals surface area contributed by atoms with E-state index in [1.807, 2.05) is 31.2 Å². The number of carbonyl (C=O) groups excluding carboxylic acids is 1. The fraction of sp³-hybridized carbons (Fsp3) is 0.211. The fourth-order valence-corrected chi connectivity index (χ4v) is 3.13. The summed E-state index contributed by atoms with van der Waals surface area (Å²) >= 11 is 1.12. The van der Waals surface area contributed by atoms with E-state index in [1.54, 1.807) is 13.0 Å². The van der Waals surface area contributed by atoms with Crippen molar-refractivity contribution in [3.05, 3.63) is 53.8 Å². The number of nitrogens with two attached hydrogens (primary N) is 1. The van der Waals surface area contributed by atoms with Gasteiger partial charge in [-0.25, -0.2) is 9.07 Å². The van der Waals surface area contributed by atoms with Gasteiger partial charge in [0.2, 0.25) is 11.1 Å². The summed E-state index contributed by atoms with van der Waals surface area (Å²) in [6.45, 7) is 4.28. The van der Waals surface area contributed by atoms with Crippen molar-refractivity contribution >= 4 is 23.4 Å². The number of aromatic nitrogens is 3. The summed E-state index contributed by atoms with van der Waals surface area (Å²) < 4.78 is 20.6. The van der Waals surface area contributed by atoms with E-state index in [2.05, 4.69) is 15.5 Å². The van der Waals surface area contributed by atoms with E-state index in [0.29, 0.717) is 17.6 Å². The lowest BCUT2D eigenvalue weighted by Crippen LogP contribution is -2.17. The Hall–Kier alpha value is -3.07. The van der Waals surface area contributed by atoms with E-state index in [9.17, 15) is 9.18 Å². The van der Waals surface area contributed by atoms with Gasteiger partial charge in [-0.3, -0.25) is 4.79 Å². The Kier molecular flexibility index (Phi) is 6.15. The number of carbonyl (C=O) groups is 1. The lowest BCUT2D eigenvalue weighted by molar-refractivity contribution is -0.113. The first-order valence-corrected chi connectivity index (χ1v) is 9.59. The zero-order chi connectivity index (χ0) is 20.1. The van der Waals surface area contributed by atoms with Crippen LogP contribution in [0.4, 0.5) is 10.1 Å². The second kappa shape index (κ2) is 8.75. The highest BCUT2D eigenvalue weighted by molar-refractivity contribution is 7.99. The molecule has 3 N–H and O–H groups in total. The Balaban J connectivity index is 1.63. The number of hydrogen-bond acceptors (Lipinski definition) is 6. The standard InChI is InChI=1S/C19H20FN5O2S/c1-3-27-14-7-5-13(6-8-14)18-23-24-19(25(18)21)28-11-17(26)22-16-9-4-12(2)10-15(16)20/h4-10H,3,11,21H2,1-2H3,(H,22,26). The zero-order valence-corrected chi connectivity index (χ0v) is 16.3. The van der Waals surface area contributed by atoms with Gasteiger partial charge in [0, 0.05) is 5.56 Å². The fourth-order valence-electron chi connectivity index (χ4n) is 2.48. The third-order valence-corrected chi connectivity index (χ3v) is 4.76. The Morgan fingerprint density at radius 1 is 1.25 bits per heavy atom. The number of nitrogens with one attached hydrogen (secondary N) is 1. The second-order valence-corrected chi connectivity index (χ2v) is 6.90. The summed E-state index contributed by atoms with van der Waals surface area (Å²) in [6, 6.07) is 11.9. The van der Waals surface area contributed by atoms with Crippen LogP contribution in [0.3, 0.4) is 0 Å². The van der Waals surface area contributed by atoms with Crippen LogP contribution in [0.2, 0.25) is 0 Å². The van der Waals surface area contributed by atoms with Crippen LogP contribution >= 0.6 is 11.8 Å². The van der Waals surface area contributed by atoms with Crippen molar-refractivity contribution in [3.8, 4) is 17.1 Å². The normalized spacial score (nSPS) is 10.7. The van der Waals surface area contributed by atoms with Gasteiger partial charge in [-0.2, -0.15) is 0 Å². The zero-order valence-electron chi connectivity index (χ0n) is 15.5. The minimum atomic E-state index is -0.474. The van der Waals surface area contributed by atoms with Gasteiger partial charge in [0.15, 0.2) is 5.82 Å². The van der Waals surface area contributed by atoms with Gasteiger partial charge in [0.25, 0.3) is 0 Å². The van der Waals surface area contributed by atoms with E-state index >= 15 is 0 Å². The van der Waals surface area contributed by atoms with Crippen LogP contribution in [0.5, 0.6) is 5.75 Å². The summed E-state index contributed by atoms with van der Waals surface area (Å²) in [5, 5.41) is 11.0. The molecule has 0 aliphatic rings. The van der Waals surface area contributed by atoms with Gasteiger partial charge in [-0.05, 0) is 55.8 Å². The number of hydrogen-bond donors (Lipinski definition) is 2. The van der Waals surface area contributed by atoms with Crippen molar-refractivity contribution in [2.75, 3.05) is 23.5 Å². The summed E-state index contributed by atoms with van der Waals surface area (Å²) in [5.74, 6) is 6.46. The van der Waals surface area contributed by atoms with E-state index in [4.69, 9.17) is 10.6 Å². The van der Waals surface area contributed by atoms with Crippen molar-refractivity contribution in [2.24, 2.45) is 0 Å². The maximum atomic E-state index is 13.8. The molecule has 0 fully saturated rings. The number of nitrogen functional groups attached to an aromatic ring is 1. The van der Waals surface area contributed by atoms with Crippen LogP contribution in [0, 0.1) is 12.7 Å². The number of halogens is 1. The molecule has 2 aromatic carbocycles. The number of ether oxygens (including phenoxy) is 1. The molecule has 0 radical (unpaired) electrons. The van der Waals surface area contributed by atoms with Gasteiger partial charge in [-0.1, -0.05) is 17.8 Å². The lowest BCUT2D eigenvalue weighted by atomic mass is 10.2. The Morgan fingerprint density at radius 2 is 2.00 bits per heavy atom. The average molecular weight is 401 g/mol. The monoisotopic (exact) mass is 401 g/mol. The molecule has 1 aromatic heterocycles. The van der Waals surface area contributed by atoms with Crippen molar-refractivity contribution in [1.82, 2.24) is 14.9 Å². The number of amides is 1. The molecule has 28 heavy (non-hydrogen) atoms. The minimum Gasteiger partial charge on any atom is -0.494 e. The summed E-state index contributed by atoms with van der Waals surface area (Å²) in [5.41, 5.74) is 1.69. The van der Waals surface area contributed by atoms with Crippen molar-refractivity contribution in [1.29, 1.82) is 0 Å². The predicted molar refractivity (Wildman–Crippen MR) is 107 cm³/mol. The molecule has 3 aromatic rings. The largest absolute Gasteiger partial charge is 0.494 e. The lowest BCUT2D eigenvalue weighted by Gasteiger charge is -2.07. The van der Waals surface area contributed by atoms with E-state index in [0.717, 1.165) is 28.6 Å². The highest BCUT2D eigenvalue weighted by atomic mass is 32.2. The molecule has 0 aliphatic carbocycles. The van der Waals surface area contributed by atoms with Crippen LogP contribution in [0.25, 0.3) is 11.4 Å². The molecule has 7 nitrogen and oxygen atoms in total. The molecule has 0 aliphatic heterocycles. The predicted octanol–water partition coefficient (Wildman–Crippen LogP) is 3.24. The maximum absolute atomic E-state index is 13.8. The summed E-state index contributed by atoms with van der Waals surface area (Å²) in [6.07, 6.45) is 0. The van der Waals surface area contributed by atoms with Crippen LogP contribution in [-0.4, -0.2) is 33.1 Å². The molecule has 0 atom stereocenters. The third-order valence-electron chi connectivity index (χ3n) is 3.82. The molecule has 3 rings (SSSR count). The molecule has 1 heterocycles. The molecule has 0 spiro atoms. The molecule has 0 bridgehead atoms. The second-order valence-electron chi connectivity index (χ2n) is 5.95. The molecule has 9 heteroatoms. The van der Waals surface area contributed by atoms with Crippen LogP contribution < -0.4 is 15.9 Å². The summed E-state index contributed by atoms with van der Waals surface area (Å²) in [4.78, 5) is 12.1. The highest BCUT2D eigenvalue weighted by Gasteiger charge is 2.15. The molecular weight excluding hydrogens is 381 g/mol. The van der Waals surface area contributed by atoms with E-state index in [1.165, 1.54) is 16.8 Å². The van der Waals surface area contributed by atoms with E-state index in [-0.39, 0.29) is 17.3 Å². The number of thioether (sulfide) groups is 1. The smallest absolute Gasteiger partial charge is 0.234 e.